The van der Waals surface area contributed by atoms with Crippen molar-refractivity contribution in [2.45, 2.75) is 24.4 Å². The van der Waals surface area contributed by atoms with Crippen LogP contribution < -0.4 is 5.73 Å². The van der Waals surface area contributed by atoms with E-state index in [0.29, 0.717) is 6.42 Å². The van der Waals surface area contributed by atoms with Gasteiger partial charge in [-0.2, -0.15) is 13.2 Å². The highest BCUT2D eigenvalue weighted by atomic mass is 32.2. The van der Waals surface area contributed by atoms with Gasteiger partial charge in [-0.1, -0.05) is 6.92 Å². The number of benzene rings is 1. The maximum absolute atomic E-state index is 12.7. The van der Waals surface area contributed by atoms with Gasteiger partial charge in [-0.05, 0) is 29.7 Å². The van der Waals surface area contributed by atoms with E-state index in [4.69, 9.17) is 5.73 Å². The van der Waals surface area contributed by atoms with E-state index < -0.39 is 28.8 Å². The number of halogens is 3. The molecule has 1 amide bonds. The van der Waals surface area contributed by atoms with Gasteiger partial charge in [0.05, 0.1) is 0 Å². The molecule has 0 aliphatic rings. The SMILES string of the molecule is CCC[S@@+]([O-])c1cc(C(N)=O)ccc1C(F)(F)F. The summed E-state index contributed by atoms with van der Waals surface area (Å²) in [5, 5.41) is 0. The van der Waals surface area contributed by atoms with Gasteiger partial charge in [-0.3, -0.25) is 4.79 Å². The number of nitrogens with two attached hydrogens (primary N) is 1. The van der Waals surface area contributed by atoms with Gasteiger partial charge in [-0.15, -0.1) is 0 Å². The Hall–Kier alpha value is -1.21. The Labute approximate surface area is 105 Å². The van der Waals surface area contributed by atoms with Crippen molar-refractivity contribution < 1.29 is 22.5 Å². The largest absolute Gasteiger partial charge is 0.611 e. The molecule has 0 unspecified atom stereocenters. The molecule has 7 heteroatoms. The van der Waals surface area contributed by atoms with Crippen molar-refractivity contribution in [3.63, 3.8) is 0 Å². The first-order valence-electron chi connectivity index (χ1n) is 5.16. The monoisotopic (exact) mass is 279 g/mol. The van der Waals surface area contributed by atoms with Crippen molar-refractivity contribution in [1.29, 1.82) is 0 Å². The molecule has 0 heterocycles. The summed E-state index contributed by atoms with van der Waals surface area (Å²) in [6.07, 6.45) is -4.13. The third-order valence-corrected chi connectivity index (χ3v) is 3.81. The molecule has 0 aliphatic carbocycles. The summed E-state index contributed by atoms with van der Waals surface area (Å²) in [6, 6.07) is 2.68. The van der Waals surface area contributed by atoms with Crippen molar-refractivity contribution in [2.75, 3.05) is 5.75 Å². The molecule has 1 atom stereocenters. The van der Waals surface area contributed by atoms with Crippen LogP contribution in [0.25, 0.3) is 0 Å². The van der Waals surface area contributed by atoms with E-state index in [2.05, 4.69) is 0 Å². The second-order valence-electron chi connectivity index (χ2n) is 3.62. The first-order valence-corrected chi connectivity index (χ1v) is 6.48. The minimum absolute atomic E-state index is 0.0811. The Morgan fingerprint density at radius 3 is 2.50 bits per heavy atom. The molecule has 1 rings (SSSR count). The van der Waals surface area contributed by atoms with E-state index >= 15 is 0 Å². The molecular formula is C11H12F3NO2S. The third-order valence-electron chi connectivity index (χ3n) is 2.21. The van der Waals surface area contributed by atoms with Crippen molar-refractivity contribution in [2.24, 2.45) is 5.73 Å². The fourth-order valence-electron chi connectivity index (χ4n) is 1.39. The number of hydrogen-bond donors (Lipinski definition) is 1. The maximum Gasteiger partial charge on any atom is 0.421 e. The molecule has 18 heavy (non-hydrogen) atoms. The van der Waals surface area contributed by atoms with Gasteiger partial charge in [0, 0.05) is 11.6 Å². The maximum atomic E-state index is 12.7. The molecule has 1 aromatic carbocycles. The van der Waals surface area contributed by atoms with Crippen LogP contribution in [0.15, 0.2) is 23.1 Å². The number of amides is 1. The zero-order valence-electron chi connectivity index (χ0n) is 9.58. The first-order chi connectivity index (χ1) is 8.27. The van der Waals surface area contributed by atoms with Gasteiger partial charge < -0.3 is 10.3 Å². The van der Waals surface area contributed by atoms with Gasteiger partial charge in [-0.25, -0.2) is 0 Å². The molecule has 0 fully saturated rings. The second kappa shape index (κ2) is 5.62. The summed E-state index contributed by atoms with van der Waals surface area (Å²) >= 11 is -1.80. The first kappa shape index (κ1) is 14.8. The molecule has 1 aromatic rings. The Morgan fingerprint density at radius 1 is 1.44 bits per heavy atom. The predicted molar refractivity (Wildman–Crippen MR) is 61.5 cm³/mol. The van der Waals surface area contributed by atoms with Crippen LogP contribution in [0.1, 0.15) is 29.3 Å². The number of primary amides is 1. The van der Waals surface area contributed by atoms with E-state index in [9.17, 15) is 22.5 Å². The predicted octanol–water partition coefficient (Wildman–Crippen LogP) is 2.32. The average Bonchev–Trinajstić information content (AvgIpc) is 2.27. The third kappa shape index (κ3) is 3.39. The highest BCUT2D eigenvalue weighted by molar-refractivity contribution is 7.91. The molecule has 0 aromatic heterocycles. The lowest BCUT2D eigenvalue weighted by Gasteiger charge is -2.16. The summed E-state index contributed by atoms with van der Waals surface area (Å²) in [7, 11) is 0. The fraction of sp³-hybridized carbons (Fsp3) is 0.364. The van der Waals surface area contributed by atoms with E-state index in [1.807, 2.05) is 0 Å². The summed E-state index contributed by atoms with van der Waals surface area (Å²) in [5.74, 6) is -0.746. The number of carbonyl (C=O) groups excluding carboxylic acids is 1. The van der Waals surface area contributed by atoms with Gasteiger partial charge >= 0.3 is 6.18 Å². The van der Waals surface area contributed by atoms with Gasteiger partial charge in [0.25, 0.3) is 0 Å². The molecule has 2 N–H and O–H groups in total. The smallest absolute Gasteiger partial charge is 0.421 e. The second-order valence-corrected chi connectivity index (χ2v) is 5.16. The Balaban J connectivity index is 3.31. The van der Waals surface area contributed by atoms with Crippen LogP contribution in [0.4, 0.5) is 13.2 Å². The Morgan fingerprint density at radius 2 is 2.06 bits per heavy atom. The quantitative estimate of drug-likeness (QED) is 0.859. The molecule has 0 aliphatic heterocycles. The molecule has 0 saturated heterocycles. The summed E-state index contributed by atoms with van der Waals surface area (Å²) in [5.41, 5.74) is 3.93. The molecule has 0 bridgehead atoms. The summed E-state index contributed by atoms with van der Waals surface area (Å²) in [6.45, 7) is 1.71. The van der Waals surface area contributed by atoms with Crippen LogP contribution in [-0.2, 0) is 17.4 Å². The zero-order chi connectivity index (χ0) is 13.9. The van der Waals surface area contributed by atoms with Crippen molar-refractivity contribution in [3.05, 3.63) is 29.3 Å². The molecular weight excluding hydrogens is 267 g/mol. The lowest BCUT2D eigenvalue weighted by molar-refractivity contribution is -0.139. The lowest BCUT2D eigenvalue weighted by atomic mass is 10.1. The van der Waals surface area contributed by atoms with Gasteiger partial charge in [0.1, 0.15) is 11.3 Å². The normalized spacial score (nSPS) is 13.4. The number of alkyl halides is 3. The van der Waals surface area contributed by atoms with Crippen LogP contribution in [0.5, 0.6) is 0 Å². The van der Waals surface area contributed by atoms with E-state index in [1.165, 1.54) is 0 Å². The minimum atomic E-state index is -4.60. The summed E-state index contributed by atoms with van der Waals surface area (Å²) in [4.78, 5) is 10.5. The van der Waals surface area contributed by atoms with Crippen LogP contribution in [0, 0.1) is 0 Å². The fourth-order valence-corrected chi connectivity index (χ4v) is 2.67. The van der Waals surface area contributed by atoms with Crippen LogP contribution in [-0.4, -0.2) is 16.2 Å². The number of hydrogen-bond acceptors (Lipinski definition) is 2. The highest BCUT2D eigenvalue weighted by Gasteiger charge is 2.37. The van der Waals surface area contributed by atoms with Crippen LogP contribution in [0.2, 0.25) is 0 Å². The molecule has 0 saturated carbocycles. The Kier molecular flexibility index (Phi) is 4.64. The minimum Gasteiger partial charge on any atom is -0.611 e. The van der Waals surface area contributed by atoms with E-state index in [-0.39, 0.29) is 16.2 Å². The molecule has 0 radical (unpaired) electrons. The molecule has 3 nitrogen and oxygen atoms in total. The average molecular weight is 279 g/mol. The van der Waals surface area contributed by atoms with Crippen LogP contribution in [0.3, 0.4) is 0 Å². The van der Waals surface area contributed by atoms with Crippen molar-refractivity contribution in [3.8, 4) is 0 Å². The van der Waals surface area contributed by atoms with Crippen LogP contribution >= 0.6 is 0 Å². The topological polar surface area (TPSA) is 66.2 Å². The highest BCUT2D eigenvalue weighted by Crippen LogP contribution is 2.35. The van der Waals surface area contributed by atoms with Crippen molar-refractivity contribution >= 4 is 17.1 Å². The van der Waals surface area contributed by atoms with Gasteiger partial charge in [0.2, 0.25) is 5.91 Å². The van der Waals surface area contributed by atoms with Gasteiger partial charge in [0.15, 0.2) is 4.90 Å². The lowest BCUT2D eigenvalue weighted by Crippen LogP contribution is -2.18. The number of carbonyl (C=O) groups is 1. The van der Waals surface area contributed by atoms with E-state index in [1.54, 1.807) is 6.92 Å². The number of rotatable bonds is 4. The standard InChI is InChI=1S/C11H12F3NO2S/c1-2-5-18(17)9-6-7(10(15)16)3-4-8(9)11(12,13)14/h3-4,6H,2,5H2,1H3,(H2,15,16)/t18-/m1/s1. The zero-order valence-corrected chi connectivity index (χ0v) is 10.4. The van der Waals surface area contributed by atoms with E-state index in [0.717, 1.165) is 18.2 Å². The molecule has 100 valence electrons. The van der Waals surface area contributed by atoms with Crippen molar-refractivity contribution in [1.82, 2.24) is 0 Å². The molecule has 0 spiro atoms. The Bertz CT molecular complexity index is 448. The summed E-state index contributed by atoms with van der Waals surface area (Å²) < 4.78 is 49.9.